The van der Waals surface area contributed by atoms with E-state index in [1.807, 2.05) is 0 Å². The van der Waals surface area contributed by atoms with Crippen LogP contribution in [0.15, 0.2) is 22.7 Å². The zero-order valence-electron chi connectivity index (χ0n) is 9.43. The number of hydrogen-bond donors (Lipinski definition) is 1. The van der Waals surface area contributed by atoms with Gasteiger partial charge in [0.1, 0.15) is 18.2 Å². The minimum atomic E-state index is -3.49. The van der Waals surface area contributed by atoms with Crippen LogP contribution in [0.3, 0.4) is 0 Å². The number of hydrogen-bond acceptors (Lipinski definition) is 4. The smallest absolute Gasteiger partial charge is 0.211 e. The third-order valence-electron chi connectivity index (χ3n) is 1.90. The topological polar surface area (TPSA) is 78.6 Å². The molecule has 1 aromatic rings. The van der Waals surface area contributed by atoms with Gasteiger partial charge in [0.25, 0.3) is 0 Å². The molecular formula is C10H13BrFNO4S. The number of benzene rings is 1. The molecule has 1 rings (SSSR count). The summed E-state index contributed by atoms with van der Waals surface area (Å²) in [6.07, 6.45) is 0. The van der Waals surface area contributed by atoms with E-state index in [4.69, 9.17) is 14.6 Å². The van der Waals surface area contributed by atoms with Gasteiger partial charge in [-0.25, -0.2) is 17.9 Å². The molecular weight excluding hydrogens is 329 g/mol. The maximum absolute atomic E-state index is 12.9. The van der Waals surface area contributed by atoms with Gasteiger partial charge in [-0.1, -0.05) is 0 Å². The van der Waals surface area contributed by atoms with Crippen LogP contribution in [-0.2, 0) is 14.8 Å². The van der Waals surface area contributed by atoms with Crippen molar-refractivity contribution >= 4 is 26.0 Å². The van der Waals surface area contributed by atoms with E-state index in [2.05, 4.69) is 15.9 Å². The predicted molar refractivity (Wildman–Crippen MR) is 68.4 cm³/mol. The molecule has 0 spiro atoms. The Morgan fingerprint density at radius 1 is 1.28 bits per heavy atom. The maximum atomic E-state index is 12.9. The second kappa shape index (κ2) is 7.03. The fourth-order valence-corrected chi connectivity index (χ4v) is 1.77. The van der Waals surface area contributed by atoms with E-state index in [9.17, 15) is 12.8 Å². The van der Waals surface area contributed by atoms with Crippen molar-refractivity contribution in [3.63, 3.8) is 0 Å². The maximum Gasteiger partial charge on any atom is 0.211 e. The number of primary sulfonamides is 1. The monoisotopic (exact) mass is 341 g/mol. The van der Waals surface area contributed by atoms with Gasteiger partial charge in [0.2, 0.25) is 10.0 Å². The summed E-state index contributed by atoms with van der Waals surface area (Å²) < 4.78 is 44.7. The van der Waals surface area contributed by atoms with Gasteiger partial charge in [-0.2, -0.15) is 0 Å². The first kappa shape index (κ1) is 15.4. The average molecular weight is 342 g/mol. The summed E-state index contributed by atoms with van der Waals surface area (Å²) in [6, 6.07) is 4.27. The summed E-state index contributed by atoms with van der Waals surface area (Å²) in [6.45, 7) is 0.489. The summed E-state index contributed by atoms with van der Waals surface area (Å²) in [5.74, 6) is -0.0974. The highest BCUT2D eigenvalue weighted by molar-refractivity contribution is 9.10. The minimum Gasteiger partial charge on any atom is -0.491 e. The van der Waals surface area contributed by atoms with E-state index in [0.29, 0.717) is 10.2 Å². The first-order valence-electron chi connectivity index (χ1n) is 5.04. The van der Waals surface area contributed by atoms with Gasteiger partial charge in [-0.05, 0) is 34.1 Å². The van der Waals surface area contributed by atoms with Gasteiger partial charge in [0.05, 0.1) is 23.4 Å². The molecule has 18 heavy (non-hydrogen) atoms. The zero-order valence-corrected chi connectivity index (χ0v) is 11.8. The molecule has 2 N–H and O–H groups in total. The van der Waals surface area contributed by atoms with Crippen LogP contribution in [0.1, 0.15) is 0 Å². The second-order valence-electron chi connectivity index (χ2n) is 3.40. The summed E-state index contributed by atoms with van der Waals surface area (Å²) in [5.41, 5.74) is 0. The van der Waals surface area contributed by atoms with Crippen LogP contribution >= 0.6 is 15.9 Å². The molecule has 0 bridgehead atoms. The van der Waals surface area contributed by atoms with Crippen molar-refractivity contribution in [1.29, 1.82) is 0 Å². The number of sulfonamides is 1. The molecule has 0 heterocycles. The number of nitrogens with two attached hydrogens (primary N) is 1. The SMILES string of the molecule is NS(=O)(=O)CCOCCOc1ccc(F)c(Br)c1. The summed E-state index contributed by atoms with van der Waals surface area (Å²) >= 11 is 3.03. The van der Waals surface area contributed by atoms with Crippen LogP contribution in [0.2, 0.25) is 0 Å². The van der Waals surface area contributed by atoms with Crippen LogP contribution in [0.5, 0.6) is 5.75 Å². The quantitative estimate of drug-likeness (QED) is 0.757. The summed E-state index contributed by atoms with van der Waals surface area (Å²) in [4.78, 5) is 0. The molecule has 0 amide bonds. The van der Waals surface area contributed by atoms with Crippen LogP contribution in [0, 0.1) is 5.82 Å². The number of rotatable bonds is 7. The van der Waals surface area contributed by atoms with Gasteiger partial charge >= 0.3 is 0 Å². The third-order valence-corrected chi connectivity index (χ3v) is 3.24. The molecule has 5 nitrogen and oxygen atoms in total. The van der Waals surface area contributed by atoms with E-state index < -0.39 is 10.0 Å². The fraction of sp³-hybridized carbons (Fsp3) is 0.400. The van der Waals surface area contributed by atoms with Crippen LogP contribution in [-0.4, -0.2) is 34.0 Å². The molecule has 0 aromatic heterocycles. The summed E-state index contributed by atoms with van der Waals surface area (Å²) in [5, 5.41) is 4.79. The Bertz CT molecular complexity index is 495. The van der Waals surface area contributed by atoms with Crippen molar-refractivity contribution in [1.82, 2.24) is 0 Å². The Kier molecular flexibility index (Phi) is 6.00. The van der Waals surface area contributed by atoms with E-state index in [-0.39, 0.29) is 31.4 Å². The lowest BCUT2D eigenvalue weighted by Crippen LogP contribution is -2.21. The van der Waals surface area contributed by atoms with E-state index >= 15 is 0 Å². The predicted octanol–water partition coefficient (Wildman–Crippen LogP) is 1.27. The Hall–Kier alpha value is -0.700. The highest BCUT2D eigenvalue weighted by atomic mass is 79.9. The standard InChI is InChI=1S/C10H13BrFNO4S/c11-9-7-8(1-2-10(9)12)17-4-3-16-5-6-18(13,14)15/h1-2,7H,3-6H2,(H2,13,14,15). The highest BCUT2D eigenvalue weighted by Gasteiger charge is 2.03. The molecule has 0 saturated heterocycles. The molecule has 1 aromatic carbocycles. The second-order valence-corrected chi connectivity index (χ2v) is 5.99. The average Bonchev–Trinajstić information content (AvgIpc) is 2.26. The minimum absolute atomic E-state index is 0.0231. The zero-order chi connectivity index (χ0) is 13.6. The molecule has 0 radical (unpaired) electrons. The lowest BCUT2D eigenvalue weighted by Gasteiger charge is -2.07. The van der Waals surface area contributed by atoms with Crippen LogP contribution in [0.4, 0.5) is 4.39 Å². The number of halogens is 2. The molecule has 0 aliphatic carbocycles. The van der Waals surface area contributed by atoms with Crippen molar-refractivity contribution in [3.05, 3.63) is 28.5 Å². The van der Waals surface area contributed by atoms with Crippen LogP contribution in [0.25, 0.3) is 0 Å². The van der Waals surface area contributed by atoms with Gasteiger partial charge in [0, 0.05) is 0 Å². The molecule has 0 saturated carbocycles. The molecule has 0 aliphatic heterocycles. The fourth-order valence-electron chi connectivity index (χ4n) is 1.06. The Balaban J connectivity index is 2.20. The van der Waals surface area contributed by atoms with E-state index in [1.165, 1.54) is 18.2 Å². The van der Waals surface area contributed by atoms with Gasteiger partial charge < -0.3 is 9.47 Å². The van der Waals surface area contributed by atoms with Crippen molar-refractivity contribution in [2.24, 2.45) is 5.14 Å². The molecule has 0 unspecified atom stereocenters. The molecule has 0 fully saturated rings. The first-order chi connectivity index (χ1) is 8.38. The largest absolute Gasteiger partial charge is 0.491 e. The van der Waals surface area contributed by atoms with Gasteiger partial charge in [0.15, 0.2) is 0 Å². The first-order valence-corrected chi connectivity index (χ1v) is 7.55. The van der Waals surface area contributed by atoms with Crippen molar-refractivity contribution in [2.45, 2.75) is 0 Å². The van der Waals surface area contributed by atoms with Crippen molar-refractivity contribution in [2.75, 3.05) is 25.6 Å². The van der Waals surface area contributed by atoms with E-state index in [1.54, 1.807) is 0 Å². The Labute approximate surface area is 113 Å². The number of ether oxygens (including phenoxy) is 2. The lowest BCUT2D eigenvalue weighted by atomic mass is 10.3. The third kappa shape index (κ3) is 6.29. The molecule has 0 aliphatic rings. The lowest BCUT2D eigenvalue weighted by molar-refractivity contribution is 0.111. The van der Waals surface area contributed by atoms with Crippen molar-refractivity contribution < 1.29 is 22.3 Å². The molecule has 102 valence electrons. The normalized spacial score (nSPS) is 11.5. The highest BCUT2D eigenvalue weighted by Crippen LogP contribution is 2.21. The Morgan fingerprint density at radius 3 is 2.61 bits per heavy atom. The van der Waals surface area contributed by atoms with Gasteiger partial charge in [-0.15, -0.1) is 0 Å². The van der Waals surface area contributed by atoms with Crippen molar-refractivity contribution in [3.8, 4) is 5.75 Å². The van der Waals surface area contributed by atoms with Gasteiger partial charge in [-0.3, -0.25) is 0 Å². The Morgan fingerprint density at radius 2 is 2.00 bits per heavy atom. The summed E-state index contributed by atoms with van der Waals surface area (Å²) in [7, 11) is -3.49. The van der Waals surface area contributed by atoms with Crippen LogP contribution < -0.4 is 9.88 Å². The molecule has 8 heteroatoms. The molecule has 0 atom stereocenters. The van der Waals surface area contributed by atoms with E-state index in [0.717, 1.165) is 0 Å².